The number of aromatic nitrogens is 2. The number of para-hydroxylation sites is 1. The van der Waals surface area contributed by atoms with Crippen LogP contribution in [0.15, 0.2) is 140 Å². The van der Waals surface area contributed by atoms with Crippen LogP contribution in [0.4, 0.5) is 17.1 Å². The first kappa shape index (κ1) is 36.2. The van der Waals surface area contributed by atoms with Gasteiger partial charge in [0.15, 0.2) is 0 Å². The van der Waals surface area contributed by atoms with Crippen molar-refractivity contribution in [2.75, 3.05) is 23.5 Å². The zero-order valence-electron chi connectivity index (χ0n) is 35.3. The molecular formula is C54H52N4. The summed E-state index contributed by atoms with van der Waals surface area (Å²) in [6, 6.07) is 50.9. The summed E-state index contributed by atoms with van der Waals surface area (Å²) < 4.78 is 2.39. The SMILES string of the molecule is Cc1cc2c(cc1C)N(c1cc(C(C)(C)C)cc(C3(c4ccc5c6ccccc6n(-c6cc(C(C)(C)C)ccn6)c5c4)c4ccccc4-c4ccccc43)c1)CN2C. The second-order valence-corrected chi connectivity index (χ2v) is 18.8. The van der Waals surface area contributed by atoms with E-state index in [4.69, 9.17) is 4.98 Å². The van der Waals surface area contributed by atoms with E-state index in [-0.39, 0.29) is 10.8 Å². The van der Waals surface area contributed by atoms with Gasteiger partial charge in [-0.15, -0.1) is 0 Å². The molecule has 2 aromatic heterocycles. The van der Waals surface area contributed by atoms with E-state index in [2.05, 4.69) is 210 Å². The Kier molecular flexibility index (Phi) is 7.92. The molecule has 4 nitrogen and oxygen atoms in total. The fraction of sp³-hybridized carbons (Fsp3) is 0.241. The maximum atomic E-state index is 5.05. The Hall–Kier alpha value is -6.13. The molecule has 288 valence electrons. The molecule has 2 aliphatic rings. The predicted molar refractivity (Wildman–Crippen MR) is 245 cm³/mol. The zero-order chi connectivity index (χ0) is 40.3. The number of pyridine rings is 1. The first-order valence-corrected chi connectivity index (χ1v) is 20.7. The molecule has 0 radical (unpaired) electrons. The van der Waals surface area contributed by atoms with Crippen molar-refractivity contribution < 1.29 is 0 Å². The van der Waals surface area contributed by atoms with Crippen LogP contribution in [0.2, 0.25) is 0 Å². The lowest BCUT2D eigenvalue weighted by atomic mass is 9.66. The monoisotopic (exact) mass is 756 g/mol. The first-order valence-electron chi connectivity index (χ1n) is 20.7. The topological polar surface area (TPSA) is 24.3 Å². The predicted octanol–water partition coefficient (Wildman–Crippen LogP) is 13.3. The highest BCUT2D eigenvalue weighted by Gasteiger charge is 2.47. The van der Waals surface area contributed by atoms with Gasteiger partial charge in [-0.05, 0) is 129 Å². The number of benzene rings is 6. The van der Waals surface area contributed by atoms with Crippen LogP contribution in [0.5, 0.6) is 0 Å². The number of nitrogens with zero attached hydrogens (tertiary/aromatic N) is 4. The van der Waals surface area contributed by atoms with Gasteiger partial charge < -0.3 is 9.80 Å². The molecule has 10 rings (SSSR count). The maximum absolute atomic E-state index is 5.05. The van der Waals surface area contributed by atoms with Crippen LogP contribution in [-0.4, -0.2) is 23.3 Å². The average Bonchev–Trinajstić information content (AvgIpc) is 3.82. The Balaban J connectivity index is 1.31. The second kappa shape index (κ2) is 12.7. The molecule has 1 aliphatic heterocycles. The van der Waals surface area contributed by atoms with Crippen LogP contribution >= 0.6 is 0 Å². The number of rotatable bonds is 4. The molecule has 0 saturated heterocycles. The number of fused-ring (bicyclic) bond motifs is 7. The van der Waals surface area contributed by atoms with E-state index in [9.17, 15) is 0 Å². The number of hydrogen-bond donors (Lipinski definition) is 0. The molecule has 3 heterocycles. The van der Waals surface area contributed by atoms with Crippen molar-refractivity contribution in [3.63, 3.8) is 0 Å². The van der Waals surface area contributed by atoms with Crippen LogP contribution in [0, 0.1) is 13.8 Å². The average molecular weight is 757 g/mol. The Labute approximate surface area is 343 Å². The van der Waals surface area contributed by atoms with Gasteiger partial charge in [0.1, 0.15) is 5.82 Å². The van der Waals surface area contributed by atoms with Crippen LogP contribution in [0.1, 0.15) is 86.1 Å². The third-order valence-electron chi connectivity index (χ3n) is 13.1. The van der Waals surface area contributed by atoms with Crippen molar-refractivity contribution in [3.8, 4) is 16.9 Å². The highest BCUT2D eigenvalue weighted by atomic mass is 15.4. The molecule has 4 heteroatoms. The van der Waals surface area contributed by atoms with E-state index in [1.54, 1.807) is 0 Å². The van der Waals surface area contributed by atoms with E-state index in [0.717, 1.165) is 23.5 Å². The molecule has 1 aliphatic carbocycles. The molecule has 0 bridgehead atoms. The van der Waals surface area contributed by atoms with Crippen molar-refractivity contribution in [1.29, 1.82) is 0 Å². The van der Waals surface area contributed by atoms with Crippen LogP contribution < -0.4 is 9.80 Å². The summed E-state index contributed by atoms with van der Waals surface area (Å²) in [5, 5.41) is 2.45. The van der Waals surface area contributed by atoms with Gasteiger partial charge >= 0.3 is 0 Å². The minimum absolute atomic E-state index is 0.0130. The Morgan fingerprint density at radius 2 is 1.17 bits per heavy atom. The van der Waals surface area contributed by atoms with Crippen LogP contribution in [0.25, 0.3) is 38.8 Å². The fourth-order valence-electron chi connectivity index (χ4n) is 9.79. The van der Waals surface area contributed by atoms with Gasteiger partial charge in [0, 0.05) is 29.7 Å². The van der Waals surface area contributed by atoms with Crippen molar-refractivity contribution in [2.24, 2.45) is 0 Å². The minimum atomic E-state index is -0.600. The van der Waals surface area contributed by atoms with E-state index >= 15 is 0 Å². The molecule has 0 atom stereocenters. The first-order chi connectivity index (χ1) is 27.7. The van der Waals surface area contributed by atoms with E-state index in [0.29, 0.717) is 0 Å². The number of anilines is 3. The molecule has 0 fully saturated rings. The summed E-state index contributed by atoms with van der Waals surface area (Å²) in [7, 11) is 2.22. The molecule has 6 aromatic carbocycles. The molecule has 0 spiro atoms. The van der Waals surface area contributed by atoms with Gasteiger partial charge in [-0.2, -0.15) is 0 Å². The maximum Gasteiger partial charge on any atom is 0.137 e. The number of aryl methyl sites for hydroxylation is 2. The second-order valence-electron chi connectivity index (χ2n) is 18.8. The lowest BCUT2D eigenvalue weighted by Gasteiger charge is -2.36. The largest absolute Gasteiger partial charge is 0.355 e. The normalized spacial score (nSPS) is 14.6. The summed E-state index contributed by atoms with van der Waals surface area (Å²) >= 11 is 0. The van der Waals surface area contributed by atoms with Gasteiger partial charge in [0.25, 0.3) is 0 Å². The lowest BCUT2D eigenvalue weighted by Crippen LogP contribution is -2.30. The van der Waals surface area contributed by atoms with E-state index in [1.807, 2.05) is 6.20 Å². The molecule has 8 aromatic rings. The van der Waals surface area contributed by atoms with Gasteiger partial charge in [-0.3, -0.25) is 4.57 Å². The smallest absolute Gasteiger partial charge is 0.137 e. The summed E-state index contributed by atoms with van der Waals surface area (Å²) in [6.07, 6.45) is 1.97. The molecular weight excluding hydrogens is 705 g/mol. The number of hydrogen-bond acceptors (Lipinski definition) is 3. The molecule has 0 unspecified atom stereocenters. The molecule has 0 N–H and O–H groups in total. The van der Waals surface area contributed by atoms with Crippen molar-refractivity contribution in [2.45, 2.75) is 71.6 Å². The summed E-state index contributed by atoms with van der Waals surface area (Å²) in [6.45, 7) is 19.1. The van der Waals surface area contributed by atoms with Crippen molar-refractivity contribution in [3.05, 3.63) is 184 Å². The Bertz CT molecular complexity index is 2900. The third kappa shape index (κ3) is 5.30. The van der Waals surface area contributed by atoms with E-state index < -0.39 is 5.41 Å². The van der Waals surface area contributed by atoms with Crippen LogP contribution in [0.3, 0.4) is 0 Å². The van der Waals surface area contributed by atoms with E-state index in [1.165, 1.54) is 83.5 Å². The highest BCUT2D eigenvalue weighted by Crippen LogP contribution is 2.58. The molecule has 58 heavy (non-hydrogen) atoms. The van der Waals surface area contributed by atoms with Gasteiger partial charge in [0.2, 0.25) is 0 Å². The fourth-order valence-corrected chi connectivity index (χ4v) is 9.79. The molecule has 0 saturated carbocycles. The Morgan fingerprint density at radius 3 is 1.86 bits per heavy atom. The van der Waals surface area contributed by atoms with Gasteiger partial charge in [-0.1, -0.05) is 126 Å². The van der Waals surface area contributed by atoms with Crippen molar-refractivity contribution >= 4 is 38.9 Å². The van der Waals surface area contributed by atoms with Crippen molar-refractivity contribution in [1.82, 2.24) is 9.55 Å². The zero-order valence-corrected chi connectivity index (χ0v) is 35.3. The summed E-state index contributed by atoms with van der Waals surface area (Å²) in [5.41, 5.74) is 18.3. The van der Waals surface area contributed by atoms with Gasteiger partial charge in [0.05, 0.1) is 34.5 Å². The van der Waals surface area contributed by atoms with Gasteiger partial charge in [-0.25, -0.2) is 4.98 Å². The minimum Gasteiger partial charge on any atom is -0.355 e. The summed E-state index contributed by atoms with van der Waals surface area (Å²) in [4.78, 5) is 9.96. The lowest BCUT2D eigenvalue weighted by molar-refractivity contribution is 0.587. The molecule has 0 amide bonds. The third-order valence-corrected chi connectivity index (χ3v) is 13.1. The summed E-state index contributed by atoms with van der Waals surface area (Å²) in [5.74, 6) is 0.941. The Morgan fingerprint density at radius 1 is 0.552 bits per heavy atom. The highest BCUT2D eigenvalue weighted by molar-refractivity contribution is 6.09. The quantitative estimate of drug-likeness (QED) is 0.179. The standard InChI is InChI=1S/C54H52N4/c1-34-26-49-50(27-35(34)2)57(33-56(49)9)40-29-38(53(6,7)8)28-39(30-40)54(45-19-13-10-16-41(45)42-17-11-14-20-46(42)54)37-22-23-44-43-18-12-15-21-47(43)58(48(44)31-37)51-32-36(24-25-55-51)52(3,4)5/h10-32H,33H2,1-9H3. The van der Waals surface area contributed by atoms with Crippen LogP contribution in [-0.2, 0) is 16.2 Å².